The monoisotopic (exact) mass is 354 g/mol. The van der Waals surface area contributed by atoms with Gasteiger partial charge in [-0.05, 0) is 24.6 Å². The van der Waals surface area contributed by atoms with E-state index < -0.39 is 11.6 Å². The van der Waals surface area contributed by atoms with Gasteiger partial charge in [0.05, 0.1) is 5.69 Å². The van der Waals surface area contributed by atoms with Crippen molar-refractivity contribution in [3.63, 3.8) is 0 Å². The SMILES string of the molecule is Cc1ccc(CNC(=O)c2cc(Nc3ccc(F)cc3F)ncn2)cc1. The number of anilines is 2. The molecule has 132 valence electrons. The molecule has 0 atom stereocenters. The first kappa shape index (κ1) is 17.5. The van der Waals surface area contributed by atoms with Crippen molar-refractivity contribution < 1.29 is 13.6 Å². The minimum absolute atomic E-state index is 0.0520. The van der Waals surface area contributed by atoms with Crippen molar-refractivity contribution in [1.82, 2.24) is 15.3 Å². The summed E-state index contributed by atoms with van der Waals surface area (Å²) in [5.74, 6) is -1.58. The van der Waals surface area contributed by atoms with Crippen LogP contribution in [0.25, 0.3) is 0 Å². The minimum atomic E-state index is -0.756. The van der Waals surface area contributed by atoms with E-state index >= 15 is 0 Å². The van der Waals surface area contributed by atoms with Crippen LogP contribution in [0.1, 0.15) is 21.6 Å². The van der Waals surface area contributed by atoms with Crippen molar-refractivity contribution in [2.45, 2.75) is 13.5 Å². The molecule has 0 fully saturated rings. The number of hydrogen-bond acceptors (Lipinski definition) is 4. The number of nitrogens with zero attached hydrogens (tertiary/aromatic N) is 2. The lowest BCUT2D eigenvalue weighted by Crippen LogP contribution is -2.24. The third-order valence-electron chi connectivity index (χ3n) is 3.67. The molecule has 5 nitrogen and oxygen atoms in total. The standard InChI is InChI=1S/C19H16F2N4O/c1-12-2-4-13(5-3-12)10-22-19(26)17-9-18(24-11-23-17)25-16-7-6-14(20)8-15(16)21/h2-9,11H,10H2,1H3,(H,22,26)(H,23,24,25). The number of hydrogen-bond donors (Lipinski definition) is 2. The van der Waals surface area contributed by atoms with Gasteiger partial charge in [-0.2, -0.15) is 0 Å². The van der Waals surface area contributed by atoms with Crippen molar-refractivity contribution in [2.75, 3.05) is 5.32 Å². The maximum Gasteiger partial charge on any atom is 0.270 e. The molecule has 0 aliphatic carbocycles. The number of halogens is 2. The van der Waals surface area contributed by atoms with Gasteiger partial charge in [-0.25, -0.2) is 18.7 Å². The third-order valence-corrected chi connectivity index (χ3v) is 3.67. The lowest BCUT2D eigenvalue weighted by Gasteiger charge is -2.09. The number of nitrogens with one attached hydrogen (secondary N) is 2. The number of aryl methyl sites for hydroxylation is 1. The van der Waals surface area contributed by atoms with Crippen molar-refractivity contribution in [2.24, 2.45) is 0 Å². The molecule has 1 heterocycles. The topological polar surface area (TPSA) is 66.9 Å². The van der Waals surface area contributed by atoms with E-state index in [-0.39, 0.29) is 23.1 Å². The summed E-state index contributed by atoms with van der Waals surface area (Å²) in [4.78, 5) is 20.1. The van der Waals surface area contributed by atoms with Gasteiger partial charge in [0.25, 0.3) is 5.91 Å². The maximum absolute atomic E-state index is 13.7. The van der Waals surface area contributed by atoms with E-state index in [1.54, 1.807) is 0 Å². The lowest BCUT2D eigenvalue weighted by atomic mass is 10.1. The van der Waals surface area contributed by atoms with Crippen LogP contribution in [0.4, 0.5) is 20.3 Å². The highest BCUT2D eigenvalue weighted by atomic mass is 19.1. The Morgan fingerprint density at radius 2 is 1.81 bits per heavy atom. The van der Waals surface area contributed by atoms with E-state index in [4.69, 9.17) is 0 Å². The van der Waals surface area contributed by atoms with Crippen LogP contribution in [-0.4, -0.2) is 15.9 Å². The molecule has 0 aliphatic rings. The zero-order valence-corrected chi connectivity index (χ0v) is 14.0. The molecule has 2 N–H and O–H groups in total. The molecule has 7 heteroatoms. The number of benzene rings is 2. The molecule has 0 saturated carbocycles. The first-order valence-electron chi connectivity index (χ1n) is 7.89. The Bertz CT molecular complexity index is 929. The third kappa shape index (κ3) is 4.38. The normalized spacial score (nSPS) is 10.4. The van der Waals surface area contributed by atoms with Gasteiger partial charge in [0, 0.05) is 18.7 Å². The molecule has 26 heavy (non-hydrogen) atoms. The summed E-state index contributed by atoms with van der Waals surface area (Å²) >= 11 is 0. The van der Waals surface area contributed by atoms with Gasteiger partial charge >= 0.3 is 0 Å². The minimum Gasteiger partial charge on any atom is -0.347 e. The molecule has 0 saturated heterocycles. The summed E-state index contributed by atoms with van der Waals surface area (Å²) in [6.45, 7) is 2.35. The summed E-state index contributed by atoms with van der Waals surface area (Å²) in [6, 6.07) is 12.3. The number of carbonyl (C=O) groups excluding carboxylic acids is 1. The van der Waals surface area contributed by atoms with Crippen LogP contribution in [0, 0.1) is 18.6 Å². The molecule has 3 aromatic rings. The van der Waals surface area contributed by atoms with E-state index in [2.05, 4.69) is 20.6 Å². The van der Waals surface area contributed by atoms with Crippen LogP contribution in [0.5, 0.6) is 0 Å². The van der Waals surface area contributed by atoms with Gasteiger partial charge in [-0.15, -0.1) is 0 Å². The van der Waals surface area contributed by atoms with Crippen LogP contribution in [-0.2, 0) is 6.54 Å². The molecular weight excluding hydrogens is 338 g/mol. The van der Waals surface area contributed by atoms with Crippen LogP contribution in [0.2, 0.25) is 0 Å². The Kier molecular flexibility index (Phi) is 5.17. The van der Waals surface area contributed by atoms with Gasteiger partial charge in [0.15, 0.2) is 0 Å². The molecule has 1 aromatic heterocycles. The van der Waals surface area contributed by atoms with Gasteiger partial charge in [0.2, 0.25) is 0 Å². The summed E-state index contributed by atoms with van der Waals surface area (Å²) in [7, 11) is 0. The van der Waals surface area contributed by atoms with Crippen LogP contribution < -0.4 is 10.6 Å². The fourth-order valence-electron chi connectivity index (χ4n) is 2.26. The largest absolute Gasteiger partial charge is 0.347 e. The van der Waals surface area contributed by atoms with Gasteiger partial charge in [0.1, 0.15) is 29.5 Å². The zero-order valence-electron chi connectivity index (χ0n) is 14.0. The predicted octanol–water partition coefficient (Wildman–Crippen LogP) is 3.74. The zero-order chi connectivity index (χ0) is 18.5. The average Bonchev–Trinajstić information content (AvgIpc) is 2.63. The second-order valence-electron chi connectivity index (χ2n) is 5.71. The van der Waals surface area contributed by atoms with Gasteiger partial charge in [-0.1, -0.05) is 29.8 Å². The van der Waals surface area contributed by atoms with E-state index in [0.717, 1.165) is 23.3 Å². The molecule has 0 bridgehead atoms. The Morgan fingerprint density at radius 3 is 2.54 bits per heavy atom. The maximum atomic E-state index is 13.7. The first-order valence-corrected chi connectivity index (χ1v) is 7.89. The van der Waals surface area contributed by atoms with Crippen LogP contribution >= 0.6 is 0 Å². The Labute approximate surface area is 149 Å². The predicted molar refractivity (Wildman–Crippen MR) is 94.0 cm³/mol. The molecule has 3 rings (SSSR count). The molecule has 0 aliphatic heterocycles. The van der Waals surface area contributed by atoms with E-state index in [1.165, 1.54) is 18.5 Å². The second kappa shape index (κ2) is 7.69. The molecule has 1 amide bonds. The van der Waals surface area contributed by atoms with Crippen molar-refractivity contribution >= 4 is 17.4 Å². The Morgan fingerprint density at radius 1 is 1.04 bits per heavy atom. The average molecular weight is 354 g/mol. The highest BCUT2D eigenvalue weighted by molar-refractivity contribution is 5.92. The van der Waals surface area contributed by atoms with E-state index in [0.29, 0.717) is 6.54 Å². The number of rotatable bonds is 5. The molecular formula is C19H16F2N4O. The number of carbonyl (C=O) groups is 1. The lowest BCUT2D eigenvalue weighted by molar-refractivity contribution is 0.0946. The first-order chi connectivity index (χ1) is 12.5. The highest BCUT2D eigenvalue weighted by Gasteiger charge is 2.10. The number of aromatic nitrogens is 2. The smallest absolute Gasteiger partial charge is 0.270 e. The quantitative estimate of drug-likeness (QED) is 0.733. The summed E-state index contributed by atoms with van der Waals surface area (Å²) < 4.78 is 26.7. The highest BCUT2D eigenvalue weighted by Crippen LogP contribution is 2.19. The van der Waals surface area contributed by atoms with Crippen LogP contribution in [0.15, 0.2) is 54.9 Å². The van der Waals surface area contributed by atoms with E-state index in [1.807, 2.05) is 31.2 Å². The molecule has 0 unspecified atom stereocenters. The fourth-order valence-corrected chi connectivity index (χ4v) is 2.26. The summed E-state index contributed by atoms with van der Waals surface area (Å²) in [5, 5.41) is 5.47. The Balaban J connectivity index is 1.68. The van der Waals surface area contributed by atoms with Crippen molar-refractivity contribution in [3.8, 4) is 0 Å². The number of amides is 1. The van der Waals surface area contributed by atoms with Crippen molar-refractivity contribution in [1.29, 1.82) is 0 Å². The Hall–Kier alpha value is -3.35. The molecule has 0 spiro atoms. The van der Waals surface area contributed by atoms with E-state index in [9.17, 15) is 13.6 Å². The fraction of sp³-hybridized carbons (Fsp3) is 0.105. The van der Waals surface area contributed by atoms with Gasteiger partial charge < -0.3 is 10.6 Å². The second-order valence-corrected chi connectivity index (χ2v) is 5.71. The summed E-state index contributed by atoms with van der Waals surface area (Å²) in [6.07, 6.45) is 1.20. The van der Waals surface area contributed by atoms with Crippen LogP contribution in [0.3, 0.4) is 0 Å². The summed E-state index contributed by atoms with van der Waals surface area (Å²) in [5.41, 5.74) is 2.29. The van der Waals surface area contributed by atoms with Gasteiger partial charge in [-0.3, -0.25) is 4.79 Å². The van der Waals surface area contributed by atoms with Crippen molar-refractivity contribution in [3.05, 3.63) is 83.3 Å². The molecule has 2 aromatic carbocycles. The molecule has 0 radical (unpaired) electrons.